The van der Waals surface area contributed by atoms with E-state index < -0.39 is 6.16 Å². The predicted octanol–water partition coefficient (Wildman–Crippen LogP) is 1.13. The quantitative estimate of drug-likeness (QED) is 0.547. The summed E-state index contributed by atoms with van der Waals surface area (Å²) in [6, 6.07) is 10.3. The van der Waals surface area contributed by atoms with Crippen LogP contribution >= 0.6 is 0 Å². The number of rotatable bonds is 3. The zero-order valence-corrected chi connectivity index (χ0v) is 7.90. The van der Waals surface area contributed by atoms with Crippen molar-refractivity contribution in [1.29, 1.82) is 0 Å². The Morgan fingerprint density at radius 2 is 1.79 bits per heavy atom. The molecule has 1 rings (SSSR count). The normalized spacial score (nSPS) is 8.64. The molecule has 78 valence electrons. The molecule has 0 aliphatic heterocycles. The first-order chi connectivity index (χ1) is 6.66. The highest BCUT2D eigenvalue weighted by atomic mass is 16.6. The molecule has 0 atom stereocenters. The van der Waals surface area contributed by atoms with Gasteiger partial charge in [-0.25, -0.2) is 4.79 Å². The van der Waals surface area contributed by atoms with Crippen LogP contribution in [0, 0.1) is 0 Å². The van der Waals surface area contributed by atoms with Gasteiger partial charge in [0.25, 0.3) is 0 Å². The van der Waals surface area contributed by atoms with Gasteiger partial charge in [0.1, 0.15) is 0 Å². The Hall–Kier alpha value is -1.59. The zero-order valence-electron chi connectivity index (χ0n) is 7.90. The van der Waals surface area contributed by atoms with Gasteiger partial charge < -0.3 is 10.2 Å². The molecule has 0 saturated carbocycles. The molecule has 4 N–H and O–H groups in total. The zero-order chi connectivity index (χ0) is 10.8. The molecule has 0 fully saturated rings. The summed E-state index contributed by atoms with van der Waals surface area (Å²) in [5.74, 6) is 0. The summed E-state index contributed by atoms with van der Waals surface area (Å²) in [4.78, 5) is 8.56. The first kappa shape index (κ1) is 12.4. The third-order valence-electron chi connectivity index (χ3n) is 1.31. The van der Waals surface area contributed by atoms with Gasteiger partial charge in [-0.05, 0) is 12.6 Å². The van der Waals surface area contributed by atoms with Gasteiger partial charge in [-0.2, -0.15) is 0 Å². The van der Waals surface area contributed by atoms with Gasteiger partial charge in [-0.1, -0.05) is 30.3 Å². The molecule has 14 heavy (non-hydrogen) atoms. The summed E-state index contributed by atoms with van der Waals surface area (Å²) in [6.45, 7) is 0.872. The largest absolute Gasteiger partial charge is 0.503 e. The molecule has 1 aromatic rings. The van der Waals surface area contributed by atoms with Crippen LogP contribution in [0.1, 0.15) is 5.56 Å². The highest BCUT2D eigenvalue weighted by Crippen LogP contribution is 1.95. The molecule has 0 heterocycles. The number of benzene rings is 1. The second-order valence-corrected chi connectivity index (χ2v) is 2.37. The molecule has 5 heteroatoms. The maximum absolute atomic E-state index is 8.56. The van der Waals surface area contributed by atoms with E-state index in [1.54, 1.807) is 0 Å². The number of hydrogen-bond acceptors (Lipinski definition) is 3. The van der Waals surface area contributed by atoms with E-state index in [1.165, 1.54) is 5.56 Å². The molecular weight excluding hydrogens is 184 g/mol. The lowest BCUT2D eigenvalue weighted by molar-refractivity contribution is 0.137. The van der Waals surface area contributed by atoms with Crippen LogP contribution in [0.4, 0.5) is 4.79 Å². The van der Waals surface area contributed by atoms with Gasteiger partial charge in [-0.15, -0.1) is 0 Å². The van der Waals surface area contributed by atoms with Crippen LogP contribution in [0.5, 0.6) is 0 Å². The Bertz CT molecular complexity index is 247. The van der Waals surface area contributed by atoms with E-state index in [0.717, 1.165) is 6.54 Å². The Labute approximate surface area is 82.4 Å². The first-order valence-corrected chi connectivity index (χ1v) is 4.02. The molecular formula is C9H14N2O3. The van der Waals surface area contributed by atoms with E-state index in [1.807, 2.05) is 25.2 Å². The van der Waals surface area contributed by atoms with Crippen molar-refractivity contribution in [2.75, 3.05) is 7.05 Å². The van der Waals surface area contributed by atoms with Crippen molar-refractivity contribution in [3.8, 4) is 0 Å². The Balaban J connectivity index is 0.000000364. The second kappa shape index (κ2) is 8.03. The van der Waals surface area contributed by atoms with Crippen molar-refractivity contribution >= 4 is 6.16 Å². The topological polar surface area (TPSA) is 81.6 Å². The molecule has 0 aliphatic carbocycles. The molecule has 0 saturated heterocycles. The van der Waals surface area contributed by atoms with Crippen molar-refractivity contribution in [2.45, 2.75) is 6.54 Å². The first-order valence-electron chi connectivity index (χ1n) is 4.02. The monoisotopic (exact) mass is 198 g/mol. The van der Waals surface area contributed by atoms with Crippen molar-refractivity contribution < 1.29 is 15.0 Å². The summed E-state index contributed by atoms with van der Waals surface area (Å²) in [5.41, 5.74) is 7.17. The van der Waals surface area contributed by atoms with Gasteiger partial charge in [0.15, 0.2) is 0 Å². The van der Waals surface area contributed by atoms with Gasteiger partial charge in [0.2, 0.25) is 0 Å². The Morgan fingerprint density at radius 1 is 1.29 bits per heavy atom. The minimum atomic E-state index is -1.83. The maximum Gasteiger partial charge on any atom is 0.503 e. The average Bonchev–Trinajstić information content (AvgIpc) is 2.15. The number of nitrogens with one attached hydrogen (secondary N) is 2. The summed E-state index contributed by atoms with van der Waals surface area (Å²) in [6.07, 6.45) is -1.83. The third-order valence-corrected chi connectivity index (χ3v) is 1.31. The van der Waals surface area contributed by atoms with Crippen LogP contribution in [0.15, 0.2) is 30.3 Å². The minimum Gasteiger partial charge on any atom is -0.450 e. The Kier molecular flexibility index (Phi) is 7.12. The number of hydrogen-bond donors (Lipinski definition) is 4. The molecule has 5 nitrogen and oxygen atoms in total. The fourth-order valence-electron chi connectivity index (χ4n) is 0.786. The molecule has 0 bridgehead atoms. The standard InChI is InChI=1S/C8H12N2.CH2O3/c1-9-10-7-8-5-3-2-4-6-8;2-1(3)4/h2-6,9-10H,7H2,1H3;(H2,2,3,4). The molecule has 0 radical (unpaired) electrons. The number of hydrazine groups is 1. The lowest BCUT2D eigenvalue weighted by Crippen LogP contribution is -2.26. The summed E-state index contributed by atoms with van der Waals surface area (Å²) >= 11 is 0. The minimum absolute atomic E-state index is 0.872. The SMILES string of the molecule is CNNCc1ccccc1.O=C(O)O. The molecule has 0 spiro atoms. The van der Waals surface area contributed by atoms with E-state index in [2.05, 4.69) is 23.0 Å². The van der Waals surface area contributed by atoms with Gasteiger partial charge in [0, 0.05) is 6.54 Å². The van der Waals surface area contributed by atoms with Crippen LogP contribution in [-0.4, -0.2) is 23.4 Å². The van der Waals surface area contributed by atoms with Crippen LogP contribution in [-0.2, 0) is 6.54 Å². The second-order valence-electron chi connectivity index (χ2n) is 2.37. The summed E-state index contributed by atoms with van der Waals surface area (Å²) in [5, 5.41) is 13.9. The van der Waals surface area contributed by atoms with Gasteiger partial charge >= 0.3 is 6.16 Å². The van der Waals surface area contributed by atoms with Crippen LogP contribution in [0.3, 0.4) is 0 Å². The maximum atomic E-state index is 8.56. The molecule has 0 unspecified atom stereocenters. The molecule has 0 amide bonds. The fraction of sp³-hybridized carbons (Fsp3) is 0.222. The highest BCUT2D eigenvalue weighted by Gasteiger charge is 1.85. The Morgan fingerprint density at radius 3 is 2.21 bits per heavy atom. The van der Waals surface area contributed by atoms with Gasteiger partial charge in [-0.3, -0.25) is 10.9 Å². The molecule has 0 aliphatic rings. The van der Waals surface area contributed by atoms with Crippen molar-refractivity contribution in [1.82, 2.24) is 10.9 Å². The van der Waals surface area contributed by atoms with Crippen LogP contribution < -0.4 is 10.9 Å². The van der Waals surface area contributed by atoms with E-state index in [4.69, 9.17) is 15.0 Å². The fourth-order valence-corrected chi connectivity index (χ4v) is 0.786. The molecule has 0 aromatic heterocycles. The third kappa shape index (κ3) is 8.51. The molecule has 1 aromatic carbocycles. The lowest BCUT2D eigenvalue weighted by atomic mass is 10.2. The van der Waals surface area contributed by atoms with Crippen molar-refractivity contribution in [3.05, 3.63) is 35.9 Å². The average molecular weight is 198 g/mol. The smallest absolute Gasteiger partial charge is 0.450 e. The van der Waals surface area contributed by atoms with E-state index in [-0.39, 0.29) is 0 Å². The lowest BCUT2D eigenvalue weighted by Gasteiger charge is -2.00. The van der Waals surface area contributed by atoms with Crippen LogP contribution in [0.25, 0.3) is 0 Å². The summed E-state index contributed by atoms with van der Waals surface area (Å²) in [7, 11) is 1.86. The van der Waals surface area contributed by atoms with E-state index in [9.17, 15) is 0 Å². The number of carboxylic acid groups (broad SMARTS) is 2. The summed E-state index contributed by atoms with van der Waals surface area (Å²) < 4.78 is 0. The van der Waals surface area contributed by atoms with Crippen molar-refractivity contribution in [3.63, 3.8) is 0 Å². The van der Waals surface area contributed by atoms with Crippen molar-refractivity contribution in [2.24, 2.45) is 0 Å². The van der Waals surface area contributed by atoms with E-state index >= 15 is 0 Å². The van der Waals surface area contributed by atoms with Gasteiger partial charge in [0.05, 0.1) is 0 Å². The number of carbonyl (C=O) groups is 1. The van der Waals surface area contributed by atoms with E-state index in [0.29, 0.717) is 0 Å². The van der Waals surface area contributed by atoms with Crippen LogP contribution in [0.2, 0.25) is 0 Å². The predicted molar refractivity (Wildman–Crippen MR) is 53.0 cm³/mol. The highest BCUT2D eigenvalue weighted by molar-refractivity contribution is 5.53.